The van der Waals surface area contributed by atoms with Gasteiger partial charge in [-0.25, -0.2) is 0 Å². The molecule has 1 heterocycles. The number of hydrogen-bond donors (Lipinski definition) is 1. The monoisotopic (exact) mass is 292 g/mol. The fourth-order valence-corrected chi connectivity index (χ4v) is 3.33. The van der Waals surface area contributed by atoms with Gasteiger partial charge in [0.2, 0.25) is 0 Å². The molecule has 1 unspecified atom stereocenters. The molecular formula is C19H20N2O. The molecule has 1 saturated heterocycles. The molecule has 1 N–H and O–H groups in total. The van der Waals surface area contributed by atoms with Crippen molar-refractivity contribution in [1.29, 1.82) is 5.26 Å². The summed E-state index contributed by atoms with van der Waals surface area (Å²) < 4.78 is 6.09. The first-order valence-electron chi connectivity index (χ1n) is 7.68. The van der Waals surface area contributed by atoms with Crippen LogP contribution in [0.3, 0.4) is 0 Å². The number of rotatable bonds is 4. The quantitative estimate of drug-likeness (QED) is 0.942. The lowest BCUT2D eigenvalue weighted by Crippen LogP contribution is -2.52. The van der Waals surface area contributed by atoms with Gasteiger partial charge >= 0.3 is 0 Å². The first-order valence-corrected chi connectivity index (χ1v) is 7.68. The number of nitriles is 1. The van der Waals surface area contributed by atoms with Crippen LogP contribution < -0.4 is 5.32 Å². The summed E-state index contributed by atoms with van der Waals surface area (Å²) in [5, 5.41) is 12.9. The Balaban J connectivity index is 2.16. The zero-order valence-electron chi connectivity index (χ0n) is 12.5. The van der Waals surface area contributed by atoms with Gasteiger partial charge in [0, 0.05) is 13.1 Å². The van der Waals surface area contributed by atoms with E-state index in [1.54, 1.807) is 0 Å². The van der Waals surface area contributed by atoms with Crippen molar-refractivity contribution in [2.45, 2.75) is 17.9 Å². The van der Waals surface area contributed by atoms with Crippen molar-refractivity contribution in [3.8, 4) is 6.07 Å². The van der Waals surface area contributed by atoms with Crippen molar-refractivity contribution in [1.82, 2.24) is 5.32 Å². The zero-order chi connectivity index (χ0) is 15.3. The van der Waals surface area contributed by atoms with E-state index in [2.05, 4.69) is 35.7 Å². The van der Waals surface area contributed by atoms with Gasteiger partial charge in [0.25, 0.3) is 0 Å². The number of hydrogen-bond acceptors (Lipinski definition) is 3. The van der Waals surface area contributed by atoms with Crippen LogP contribution in [0.4, 0.5) is 0 Å². The van der Waals surface area contributed by atoms with Crippen LogP contribution in [-0.4, -0.2) is 25.8 Å². The lowest BCUT2D eigenvalue weighted by atomic mass is 9.68. The third-order valence-corrected chi connectivity index (χ3v) is 4.41. The largest absolute Gasteiger partial charge is 0.374 e. The molecule has 0 radical (unpaired) electrons. The molecule has 1 fully saturated rings. The van der Waals surface area contributed by atoms with Gasteiger partial charge in [0.15, 0.2) is 0 Å². The molecule has 112 valence electrons. The van der Waals surface area contributed by atoms with Crippen LogP contribution in [-0.2, 0) is 10.2 Å². The molecule has 0 amide bonds. The molecule has 0 bridgehead atoms. The lowest BCUT2D eigenvalue weighted by molar-refractivity contribution is -0.0115. The molecular weight excluding hydrogens is 272 g/mol. The molecule has 3 nitrogen and oxygen atoms in total. The SMILES string of the molecule is N#CCC(c1ccccc1)(c1ccccc1)C1CNCCO1. The number of nitrogens with one attached hydrogen (secondary N) is 1. The lowest BCUT2D eigenvalue weighted by Gasteiger charge is -2.42. The molecule has 3 heteroatoms. The van der Waals surface area contributed by atoms with Crippen LogP contribution in [0.1, 0.15) is 17.5 Å². The van der Waals surface area contributed by atoms with Crippen LogP contribution >= 0.6 is 0 Å². The third-order valence-electron chi connectivity index (χ3n) is 4.41. The summed E-state index contributed by atoms with van der Waals surface area (Å²) in [6.07, 6.45) is 0.346. The molecule has 1 aliphatic rings. The van der Waals surface area contributed by atoms with E-state index in [0.717, 1.165) is 24.2 Å². The van der Waals surface area contributed by atoms with Crippen molar-refractivity contribution in [2.24, 2.45) is 0 Å². The normalized spacial score (nSPS) is 18.6. The first-order chi connectivity index (χ1) is 10.9. The molecule has 1 aliphatic heterocycles. The highest BCUT2D eigenvalue weighted by Crippen LogP contribution is 2.40. The molecule has 2 aromatic carbocycles. The Morgan fingerprint density at radius 3 is 2.09 bits per heavy atom. The molecule has 2 aromatic rings. The van der Waals surface area contributed by atoms with E-state index in [4.69, 9.17) is 4.74 Å². The van der Waals surface area contributed by atoms with E-state index in [0.29, 0.717) is 13.0 Å². The van der Waals surface area contributed by atoms with Crippen LogP contribution in [0.25, 0.3) is 0 Å². The van der Waals surface area contributed by atoms with Gasteiger partial charge in [-0.15, -0.1) is 0 Å². The summed E-state index contributed by atoms with van der Waals surface area (Å²) in [6, 6.07) is 22.9. The maximum atomic E-state index is 9.53. The van der Waals surface area contributed by atoms with Crippen molar-refractivity contribution in [2.75, 3.05) is 19.7 Å². The van der Waals surface area contributed by atoms with Gasteiger partial charge in [0.05, 0.1) is 30.6 Å². The Morgan fingerprint density at radius 1 is 1.05 bits per heavy atom. The maximum Gasteiger partial charge on any atom is 0.0847 e. The summed E-state index contributed by atoms with van der Waals surface area (Å²) >= 11 is 0. The standard InChI is InChI=1S/C19H20N2O/c20-12-11-19(16-7-3-1-4-8-16,17-9-5-2-6-10-17)18-15-21-13-14-22-18/h1-10,18,21H,11,13-15H2. The molecule has 3 rings (SSSR count). The summed E-state index contributed by atoms with van der Waals surface area (Å²) in [6.45, 7) is 2.30. The third kappa shape index (κ3) is 2.64. The summed E-state index contributed by atoms with van der Waals surface area (Å²) in [5.74, 6) is 0. The molecule has 22 heavy (non-hydrogen) atoms. The van der Waals surface area contributed by atoms with Gasteiger partial charge in [0.1, 0.15) is 0 Å². The van der Waals surface area contributed by atoms with E-state index in [9.17, 15) is 5.26 Å². The highest BCUT2D eigenvalue weighted by molar-refractivity contribution is 5.42. The van der Waals surface area contributed by atoms with Gasteiger partial charge < -0.3 is 10.1 Å². The van der Waals surface area contributed by atoms with Gasteiger partial charge in [-0.05, 0) is 11.1 Å². The van der Waals surface area contributed by atoms with Crippen molar-refractivity contribution < 1.29 is 4.74 Å². The van der Waals surface area contributed by atoms with Crippen LogP contribution in [0.2, 0.25) is 0 Å². The number of nitrogens with zero attached hydrogens (tertiary/aromatic N) is 1. The second-order valence-corrected chi connectivity index (χ2v) is 5.60. The second kappa shape index (κ2) is 6.74. The van der Waals surface area contributed by atoms with E-state index in [1.807, 2.05) is 36.4 Å². The van der Waals surface area contributed by atoms with Crippen LogP contribution in [0, 0.1) is 11.3 Å². The Morgan fingerprint density at radius 2 is 1.64 bits per heavy atom. The highest BCUT2D eigenvalue weighted by Gasteiger charge is 2.43. The minimum absolute atomic E-state index is 0.0503. The molecule has 0 aliphatic carbocycles. The van der Waals surface area contributed by atoms with Gasteiger partial charge in [-0.2, -0.15) is 5.26 Å². The molecule has 0 aromatic heterocycles. The molecule has 0 saturated carbocycles. The van der Waals surface area contributed by atoms with Crippen molar-refractivity contribution in [3.63, 3.8) is 0 Å². The smallest absolute Gasteiger partial charge is 0.0847 e. The van der Waals surface area contributed by atoms with Gasteiger partial charge in [-0.1, -0.05) is 60.7 Å². The Bertz CT molecular complexity index is 588. The number of benzene rings is 2. The minimum Gasteiger partial charge on any atom is -0.374 e. The summed E-state index contributed by atoms with van der Waals surface area (Å²) in [4.78, 5) is 0. The van der Waals surface area contributed by atoms with Gasteiger partial charge in [-0.3, -0.25) is 0 Å². The summed E-state index contributed by atoms with van der Waals surface area (Å²) in [5.41, 5.74) is 1.83. The minimum atomic E-state index is -0.440. The highest BCUT2D eigenvalue weighted by atomic mass is 16.5. The predicted molar refractivity (Wildman–Crippen MR) is 86.5 cm³/mol. The van der Waals surface area contributed by atoms with E-state index in [1.165, 1.54) is 0 Å². The second-order valence-electron chi connectivity index (χ2n) is 5.60. The van der Waals surface area contributed by atoms with Crippen molar-refractivity contribution in [3.05, 3.63) is 71.8 Å². The average Bonchev–Trinajstić information content (AvgIpc) is 2.62. The number of ether oxygens (including phenoxy) is 1. The number of morpholine rings is 1. The first kappa shape index (κ1) is 14.8. The zero-order valence-corrected chi connectivity index (χ0v) is 12.5. The van der Waals surface area contributed by atoms with E-state index < -0.39 is 5.41 Å². The topological polar surface area (TPSA) is 45.0 Å². The Labute approximate surface area is 131 Å². The molecule has 0 spiro atoms. The Kier molecular flexibility index (Phi) is 4.53. The molecule has 1 atom stereocenters. The maximum absolute atomic E-state index is 9.53. The van der Waals surface area contributed by atoms with E-state index in [-0.39, 0.29) is 6.10 Å². The van der Waals surface area contributed by atoms with E-state index >= 15 is 0 Å². The van der Waals surface area contributed by atoms with Crippen LogP contribution in [0.5, 0.6) is 0 Å². The average molecular weight is 292 g/mol. The van der Waals surface area contributed by atoms with Crippen molar-refractivity contribution >= 4 is 0 Å². The predicted octanol–water partition coefficient (Wildman–Crippen LogP) is 2.87. The van der Waals surface area contributed by atoms with Crippen LogP contribution in [0.15, 0.2) is 60.7 Å². The fourth-order valence-electron chi connectivity index (χ4n) is 3.33. The Hall–Kier alpha value is -2.15. The summed E-state index contributed by atoms with van der Waals surface area (Å²) in [7, 11) is 0. The fraction of sp³-hybridized carbons (Fsp3) is 0.316.